The predicted octanol–water partition coefficient (Wildman–Crippen LogP) is -3.32. The number of hydrogen-bond acceptors (Lipinski definition) is 7. The molecule has 0 bridgehead atoms. The first kappa shape index (κ1) is 10.8. The van der Waals surface area contributed by atoms with Gasteiger partial charge >= 0.3 is 0 Å². The summed E-state index contributed by atoms with van der Waals surface area (Å²) in [5.74, 6) is 4.75. The Morgan fingerprint density at radius 1 is 1.38 bits per heavy atom. The highest BCUT2D eigenvalue weighted by molar-refractivity contribution is 4.90. The molecule has 0 aromatic rings. The van der Waals surface area contributed by atoms with E-state index in [9.17, 15) is 10.2 Å². The second-order valence-electron chi connectivity index (χ2n) is 2.84. The largest absolute Gasteiger partial charge is 0.394 e. The highest BCUT2D eigenvalue weighted by atomic mass is 16.8. The van der Waals surface area contributed by atoms with Crippen LogP contribution >= 0.6 is 0 Å². The van der Waals surface area contributed by atoms with Crippen molar-refractivity contribution in [1.29, 1.82) is 0 Å². The van der Waals surface area contributed by atoms with Crippen LogP contribution in [0.2, 0.25) is 0 Å². The summed E-state index contributed by atoms with van der Waals surface area (Å²) in [6.07, 6.45) is -6.19. The van der Waals surface area contributed by atoms with Gasteiger partial charge in [-0.25, -0.2) is 5.90 Å². The Hall–Kier alpha value is -0.280. The molecule has 1 aliphatic rings. The zero-order valence-corrected chi connectivity index (χ0v) is 6.78. The van der Waals surface area contributed by atoms with Gasteiger partial charge in [-0.05, 0) is 0 Å². The molecule has 5 atom stereocenters. The Kier molecular flexibility index (Phi) is 3.56. The molecule has 0 unspecified atom stereocenters. The van der Waals surface area contributed by atoms with Gasteiger partial charge in [0.15, 0.2) is 0 Å². The maximum absolute atomic E-state index is 9.28. The van der Waals surface area contributed by atoms with Gasteiger partial charge in [0.05, 0.1) is 6.61 Å². The van der Waals surface area contributed by atoms with Crippen molar-refractivity contribution in [3.05, 3.63) is 0 Å². The van der Waals surface area contributed by atoms with E-state index in [1.54, 1.807) is 0 Å². The van der Waals surface area contributed by atoms with E-state index < -0.39 is 37.3 Å². The van der Waals surface area contributed by atoms with Crippen molar-refractivity contribution in [2.75, 3.05) is 6.61 Å². The molecular formula is C6H13NO6. The fourth-order valence-electron chi connectivity index (χ4n) is 1.21. The Bertz CT molecular complexity index is 167. The zero-order valence-electron chi connectivity index (χ0n) is 6.78. The number of hydrogen-bond donors (Lipinski definition) is 5. The van der Waals surface area contributed by atoms with E-state index in [1.807, 2.05) is 0 Å². The van der Waals surface area contributed by atoms with E-state index >= 15 is 0 Å². The number of nitrogens with two attached hydrogens (primary N) is 1. The molecule has 78 valence electrons. The third-order valence-corrected chi connectivity index (χ3v) is 1.96. The summed E-state index contributed by atoms with van der Waals surface area (Å²) in [5.41, 5.74) is 0. The highest BCUT2D eigenvalue weighted by Crippen LogP contribution is 2.23. The molecule has 0 aliphatic carbocycles. The molecule has 1 rings (SSSR count). The molecule has 0 radical (unpaired) electrons. The second-order valence-corrected chi connectivity index (χ2v) is 2.84. The second kappa shape index (κ2) is 4.29. The van der Waals surface area contributed by atoms with Crippen molar-refractivity contribution < 1.29 is 30.0 Å². The number of aliphatic hydroxyl groups excluding tert-OH is 4. The average Bonchev–Trinajstić information content (AvgIpc) is 2.43. The van der Waals surface area contributed by atoms with Crippen LogP contribution in [0.3, 0.4) is 0 Å². The SMILES string of the molecule is NO[C@H]1O[C@H]([C@@H](O)CO)[C@H](O)[C@@H]1O. The summed E-state index contributed by atoms with van der Waals surface area (Å²) in [6, 6.07) is 0. The first-order valence-corrected chi connectivity index (χ1v) is 3.78. The van der Waals surface area contributed by atoms with Gasteiger partial charge in [0.1, 0.15) is 24.4 Å². The van der Waals surface area contributed by atoms with Gasteiger partial charge in [-0.15, -0.1) is 0 Å². The van der Waals surface area contributed by atoms with Crippen molar-refractivity contribution in [3.63, 3.8) is 0 Å². The molecule has 0 spiro atoms. The van der Waals surface area contributed by atoms with E-state index in [1.165, 1.54) is 0 Å². The quantitative estimate of drug-likeness (QED) is 0.298. The van der Waals surface area contributed by atoms with Gasteiger partial charge in [0, 0.05) is 0 Å². The monoisotopic (exact) mass is 195 g/mol. The number of ether oxygens (including phenoxy) is 1. The normalized spacial score (nSPS) is 42.2. The standard InChI is InChI=1S/C6H13NO6/c7-13-6-4(11)3(10)5(12-6)2(9)1-8/h2-6,8-11H,1,7H2/t2-,3+,4-,5+,6+/m0/s1. The minimum atomic E-state index is -1.32. The molecule has 0 aromatic heterocycles. The van der Waals surface area contributed by atoms with E-state index in [2.05, 4.69) is 4.84 Å². The molecule has 1 fully saturated rings. The fourth-order valence-corrected chi connectivity index (χ4v) is 1.21. The lowest BCUT2D eigenvalue weighted by Gasteiger charge is -2.18. The van der Waals surface area contributed by atoms with Crippen molar-refractivity contribution in [1.82, 2.24) is 0 Å². The Labute approximate surface area is 74.3 Å². The van der Waals surface area contributed by atoms with Gasteiger partial charge in [-0.1, -0.05) is 0 Å². The van der Waals surface area contributed by atoms with Crippen LogP contribution in [-0.4, -0.2) is 57.7 Å². The Balaban J connectivity index is 2.60. The van der Waals surface area contributed by atoms with E-state index in [4.69, 9.17) is 20.8 Å². The molecule has 13 heavy (non-hydrogen) atoms. The summed E-state index contributed by atoms with van der Waals surface area (Å²) < 4.78 is 4.83. The summed E-state index contributed by atoms with van der Waals surface area (Å²) in [6.45, 7) is -0.578. The minimum Gasteiger partial charge on any atom is -0.394 e. The van der Waals surface area contributed by atoms with Crippen molar-refractivity contribution in [3.8, 4) is 0 Å². The lowest BCUT2D eigenvalue weighted by Crippen LogP contribution is -2.40. The fraction of sp³-hybridized carbons (Fsp3) is 1.00. The maximum atomic E-state index is 9.28. The molecule has 0 aromatic carbocycles. The first-order chi connectivity index (χ1) is 6.11. The van der Waals surface area contributed by atoms with Crippen LogP contribution in [-0.2, 0) is 9.57 Å². The average molecular weight is 195 g/mol. The number of rotatable bonds is 3. The third-order valence-electron chi connectivity index (χ3n) is 1.96. The van der Waals surface area contributed by atoms with Gasteiger partial charge < -0.3 is 25.2 Å². The lowest BCUT2D eigenvalue weighted by molar-refractivity contribution is -0.182. The number of aliphatic hydroxyl groups is 4. The van der Waals surface area contributed by atoms with Crippen molar-refractivity contribution in [2.45, 2.75) is 30.7 Å². The molecule has 1 heterocycles. The van der Waals surface area contributed by atoms with Gasteiger partial charge in [0.25, 0.3) is 0 Å². The van der Waals surface area contributed by atoms with Gasteiger partial charge in [-0.3, -0.25) is 4.84 Å². The third kappa shape index (κ3) is 1.97. The van der Waals surface area contributed by atoms with Gasteiger partial charge in [-0.2, -0.15) is 0 Å². The topological polar surface area (TPSA) is 125 Å². The van der Waals surface area contributed by atoms with Crippen LogP contribution in [0.4, 0.5) is 0 Å². The van der Waals surface area contributed by atoms with Gasteiger partial charge in [0.2, 0.25) is 6.29 Å². The van der Waals surface area contributed by atoms with Crippen LogP contribution in [0.15, 0.2) is 0 Å². The Morgan fingerprint density at radius 2 is 2.00 bits per heavy atom. The molecule has 7 heteroatoms. The molecule has 7 nitrogen and oxygen atoms in total. The summed E-state index contributed by atoms with van der Waals surface area (Å²) >= 11 is 0. The molecule has 1 saturated heterocycles. The summed E-state index contributed by atoms with van der Waals surface area (Å²) in [5, 5.41) is 36.2. The Morgan fingerprint density at radius 3 is 2.38 bits per heavy atom. The van der Waals surface area contributed by atoms with Crippen LogP contribution in [0.25, 0.3) is 0 Å². The van der Waals surface area contributed by atoms with Crippen molar-refractivity contribution in [2.24, 2.45) is 5.90 Å². The summed E-state index contributed by atoms with van der Waals surface area (Å²) in [7, 11) is 0. The molecular weight excluding hydrogens is 182 g/mol. The van der Waals surface area contributed by atoms with Crippen LogP contribution in [0.5, 0.6) is 0 Å². The van der Waals surface area contributed by atoms with Crippen molar-refractivity contribution >= 4 is 0 Å². The first-order valence-electron chi connectivity index (χ1n) is 3.78. The maximum Gasteiger partial charge on any atom is 0.206 e. The van der Waals surface area contributed by atoms with E-state index in [0.29, 0.717) is 0 Å². The molecule has 1 aliphatic heterocycles. The highest BCUT2D eigenvalue weighted by Gasteiger charge is 2.46. The molecule has 6 N–H and O–H groups in total. The predicted molar refractivity (Wildman–Crippen MR) is 39.0 cm³/mol. The van der Waals surface area contributed by atoms with Crippen LogP contribution < -0.4 is 5.90 Å². The van der Waals surface area contributed by atoms with Crippen LogP contribution in [0, 0.1) is 0 Å². The zero-order chi connectivity index (χ0) is 10.0. The summed E-state index contributed by atoms with van der Waals surface area (Å²) in [4.78, 5) is 4.19. The minimum absolute atomic E-state index is 0.578. The van der Waals surface area contributed by atoms with E-state index in [-0.39, 0.29) is 0 Å². The van der Waals surface area contributed by atoms with Crippen LogP contribution in [0.1, 0.15) is 0 Å². The molecule has 0 amide bonds. The smallest absolute Gasteiger partial charge is 0.206 e. The molecule has 0 saturated carbocycles. The van der Waals surface area contributed by atoms with E-state index in [0.717, 1.165) is 0 Å². The lowest BCUT2D eigenvalue weighted by atomic mass is 10.1.